The summed E-state index contributed by atoms with van der Waals surface area (Å²) in [5.41, 5.74) is 4.75. The van der Waals surface area contributed by atoms with Gasteiger partial charge in [0.15, 0.2) is 0 Å². The Morgan fingerprint density at radius 3 is 2.48 bits per heavy atom. The number of fused-ring (bicyclic) bond motifs is 1. The Morgan fingerprint density at radius 1 is 1.33 bits per heavy atom. The molecule has 6 heteroatoms. The molecule has 0 bridgehead atoms. The van der Waals surface area contributed by atoms with E-state index in [1.807, 2.05) is 13.8 Å². The molecule has 6 nitrogen and oxygen atoms in total. The molecular weight excluding hydrogens is 270 g/mol. The lowest BCUT2D eigenvalue weighted by Gasteiger charge is -2.27. The third-order valence-corrected chi connectivity index (χ3v) is 4.57. The monoisotopic (exact) mass is 295 g/mol. The molecule has 0 aromatic rings. The van der Waals surface area contributed by atoms with Gasteiger partial charge in [0.25, 0.3) is 0 Å². The molecule has 2 rings (SSSR count). The molecule has 1 aliphatic carbocycles. The molecule has 3 unspecified atom stereocenters. The molecule has 3 amide bonds. The first-order valence-corrected chi connectivity index (χ1v) is 7.81. The Hall–Kier alpha value is -1.43. The van der Waals surface area contributed by atoms with Gasteiger partial charge in [0.05, 0.1) is 17.4 Å². The van der Waals surface area contributed by atoms with Crippen molar-refractivity contribution in [2.24, 2.45) is 17.6 Å². The second-order valence-electron chi connectivity index (χ2n) is 6.36. The van der Waals surface area contributed by atoms with E-state index in [1.165, 1.54) is 4.90 Å². The van der Waals surface area contributed by atoms with Crippen molar-refractivity contribution < 1.29 is 14.4 Å². The lowest BCUT2D eigenvalue weighted by molar-refractivity contribution is -0.141. The fourth-order valence-corrected chi connectivity index (χ4v) is 2.92. The summed E-state index contributed by atoms with van der Waals surface area (Å²) in [7, 11) is 0. The molecule has 0 aromatic heterocycles. The number of piperidine rings is 1. The Bertz CT molecular complexity index is 431. The predicted octanol–water partition coefficient (Wildman–Crippen LogP) is 0.405. The van der Waals surface area contributed by atoms with Crippen molar-refractivity contribution in [2.75, 3.05) is 13.1 Å². The average molecular weight is 295 g/mol. The van der Waals surface area contributed by atoms with Gasteiger partial charge >= 0.3 is 0 Å². The van der Waals surface area contributed by atoms with E-state index < -0.39 is 5.54 Å². The number of nitrogens with one attached hydrogen (secondary N) is 1. The number of nitrogens with zero attached hydrogens (tertiary/aromatic N) is 1. The van der Waals surface area contributed by atoms with Crippen LogP contribution in [0.5, 0.6) is 0 Å². The summed E-state index contributed by atoms with van der Waals surface area (Å²) in [6.07, 6.45) is 3.76. The summed E-state index contributed by atoms with van der Waals surface area (Å²) >= 11 is 0. The largest absolute Gasteiger partial charge is 0.368 e. The normalized spacial score (nSPS) is 26.7. The number of hydrogen-bond donors (Lipinski definition) is 2. The maximum absolute atomic E-state index is 11.8. The number of carbonyl (C=O) groups is 3. The van der Waals surface area contributed by atoms with Gasteiger partial charge in [-0.15, -0.1) is 0 Å². The fourth-order valence-electron chi connectivity index (χ4n) is 2.92. The smallest absolute Gasteiger partial charge is 0.237 e. The average Bonchev–Trinajstić information content (AvgIpc) is 3.19. The van der Waals surface area contributed by atoms with Crippen molar-refractivity contribution in [2.45, 2.75) is 51.5 Å². The van der Waals surface area contributed by atoms with Crippen molar-refractivity contribution in [1.29, 1.82) is 0 Å². The molecule has 3 N–H and O–H groups in total. The van der Waals surface area contributed by atoms with Crippen LogP contribution < -0.4 is 11.1 Å². The zero-order chi connectivity index (χ0) is 15.6. The molecule has 1 saturated heterocycles. The second kappa shape index (κ2) is 6.13. The third kappa shape index (κ3) is 3.26. The third-order valence-electron chi connectivity index (χ3n) is 4.57. The van der Waals surface area contributed by atoms with Crippen LogP contribution in [0.2, 0.25) is 0 Å². The van der Waals surface area contributed by atoms with E-state index in [0.29, 0.717) is 19.4 Å². The number of likely N-dealkylation sites (tertiary alicyclic amines) is 1. The van der Waals surface area contributed by atoms with Crippen LogP contribution in [0.4, 0.5) is 0 Å². The van der Waals surface area contributed by atoms with E-state index in [0.717, 1.165) is 25.8 Å². The number of rotatable bonds is 9. The van der Waals surface area contributed by atoms with Crippen molar-refractivity contribution in [3.63, 3.8) is 0 Å². The first-order valence-electron chi connectivity index (χ1n) is 7.81. The van der Waals surface area contributed by atoms with Crippen molar-refractivity contribution in [1.82, 2.24) is 10.2 Å². The number of carbonyl (C=O) groups excluding carboxylic acids is 3. The van der Waals surface area contributed by atoms with Gasteiger partial charge in [-0.2, -0.15) is 0 Å². The Labute approximate surface area is 125 Å². The fraction of sp³-hybridized carbons (Fsp3) is 0.800. The Morgan fingerprint density at radius 2 is 1.95 bits per heavy atom. The van der Waals surface area contributed by atoms with Gasteiger partial charge in [-0.1, -0.05) is 6.92 Å². The lowest BCUT2D eigenvalue weighted by Crippen LogP contribution is -2.53. The first kappa shape index (κ1) is 15.9. The number of hydrogen-bond acceptors (Lipinski definition) is 4. The van der Waals surface area contributed by atoms with Crippen LogP contribution in [0.3, 0.4) is 0 Å². The lowest BCUT2D eigenvalue weighted by atomic mass is 9.93. The number of imide groups is 1. The molecule has 118 valence electrons. The minimum Gasteiger partial charge on any atom is -0.368 e. The predicted molar refractivity (Wildman–Crippen MR) is 78.1 cm³/mol. The van der Waals surface area contributed by atoms with Crippen molar-refractivity contribution in [3.8, 4) is 0 Å². The minimum atomic E-state index is -0.711. The number of nitrogens with two attached hydrogens (primary N) is 1. The zero-order valence-electron chi connectivity index (χ0n) is 12.9. The molecule has 0 aromatic carbocycles. The first-order chi connectivity index (χ1) is 9.90. The van der Waals surface area contributed by atoms with Gasteiger partial charge in [0.2, 0.25) is 17.7 Å². The molecule has 2 fully saturated rings. The van der Waals surface area contributed by atoms with Crippen LogP contribution in [0, 0.1) is 11.8 Å². The number of primary amides is 1. The molecule has 2 aliphatic rings. The van der Waals surface area contributed by atoms with Gasteiger partial charge in [-0.25, -0.2) is 0 Å². The Kier molecular flexibility index (Phi) is 4.66. The Balaban J connectivity index is 1.74. The molecule has 0 spiro atoms. The van der Waals surface area contributed by atoms with Crippen molar-refractivity contribution in [3.05, 3.63) is 0 Å². The highest BCUT2D eigenvalue weighted by Gasteiger charge is 2.58. The van der Waals surface area contributed by atoms with E-state index in [2.05, 4.69) is 5.32 Å². The van der Waals surface area contributed by atoms with E-state index in [9.17, 15) is 14.4 Å². The van der Waals surface area contributed by atoms with Gasteiger partial charge in [-0.3, -0.25) is 19.3 Å². The van der Waals surface area contributed by atoms with Crippen molar-refractivity contribution >= 4 is 17.7 Å². The summed E-state index contributed by atoms with van der Waals surface area (Å²) in [6.45, 7) is 5.05. The highest BCUT2D eigenvalue weighted by molar-refractivity contribution is 6.08. The van der Waals surface area contributed by atoms with Crippen LogP contribution in [0.1, 0.15) is 46.0 Å². The van der Waals surface area contributed by atoms with Crippen LogP contribution in [-0.4, -0.2) is 41.2 Å². The van der Waals surface area contributed by atoms with Crippen LogP contribution in [0.15, 0.2) is 0 Å². The number of unbranched alkanes of at least 4 members (excludes halogenated alkanes) is 1. The molecule has 0 radical (unpaired) electrons. The maximum atomic E-state index is 11.8. The van der Waals surface area contributed by atoms with Crippen LogP contribution in [-0.2, 0) is 14.4 Å². The molecule has 3 atom stereocenters. The second-order valence-corrected chi connectivity index (χ2v) is 6.36. The molecule has 1 heterocycles. The highest BCUT2D eigenvalue weighted by Crippen LogP contribution is 2.46. The highest BCUT2D eigenvalue weighted by atomic mass is 16.2. The molecule has 1 saturated carbocycles. The van der Waals surface area contributed by atoms with Gasteiger partial charge in [-0.05, 0) is 45.6 Å². The van der Waals surface area contributed by atoms with Crippen LogP contribution in [0.25, 0.3) is 0 Å². The summed E-state index contributed by atoms with van der Waals surface area (Å²) in [5, 5.41) is 3.18. The standard InChI is InChI=1S/C15H25N3O3/c1-3-7-17-15(2,14(16)21)6-4-5-8-18-12(19)10-9-11(10)13(18)20/h10-11,17H,3-9H2,1-2H3,(H2,16,21). The van der Waals surface area contributed by atoms with Gasteiger partial charge in [0.1, 0.15) is 0 Å². The van der Waals surface area contributed by atoms with E-state index in [-0.39, 0.29) is 29.6 Å². The molecule has 1 aliphatic heterocycles. The maximum Gasteiger partial charge on any atom is 0.237 e. The SMILES string of the molecule is CCCNC(C)(CCCCN1C(=O)C2CC2C1=O)C(N)=O. The van der Waals surface area contributed by atoms with Gasteiger partial charge in [0, 0.05) is 6.54 Å². The van der Waals surface area contributed by atoms with E-state index >= 15 is 0 Å². The summed E-state index contributed by atoms with van der Waals surface area (Å²) < 4.78 is 0. The summed E-state index contributed by atoms with van der Waals surface area (Å²) in [5.74, 6) is -0.428. The molecular formula is C15H25N3O3. The van der Waals surface area contributed by atoms with Gasteiger partial charge < -0.3 is 11.1 Å². The van der Waals surface area contributed by atoms with E-state index in [4.69, 9.17) is 5.73 Å². The number of amides is 3. The summed E-state index contributed by atoms with van der Waals surface area (Å²) in [6, 6.07) is 0. The quantitative estimate of drug-likeness (QED) is 0.476. The topological polar surface area (TPSA) is 92.5 Å². The van der Waals surface area contributed by atoms with E-state index in [1.54, 1.807) is 0 Å². The van der Waals surface area contributed by atoms with Crippen LogP contribution >= 0.6 is 0 Å². The minimum absolute atomic E-state index is 0.00762. The molecule has 21 heavy (non-hydrogen) atoms. The zero-order valence-corrected chi connectivity index (χ0v) is 12.9. The summed E-state index contributed by atoms with van der Waals surface area (Å²) in [4.78, 5) is 36.6.